The Bertz CT molecular complexity index is 777. The highest BCUT2D eigenvalue weighted by Crippen LogP contribution is 2.29. The Hall–Kier alpha value is -1.79. The molecule has 0 aliphatic rings. The van der Waals surface area contributed by atoms with Crippen LogP contribution in [-0.4, -0.2) is 36.3 Å². The molecule has 0 bridgehead atoms. The van der Waals surface area contributed by atoms with E-state index in [9.17, 15) is 9.59 Å². The van der Waals surface area contributed by atoms with Crippen molar-refractivity contribution in [3.05, 3.63) is 57.5 Å². The maximum Gasteiger partial charge on any atom is 0.241 e. The first-order chi connectivity index (χ1) is 12.3. The molecule has 5 nitrogen and oxygen atoms in total. The van der Waals surface area contributed by atoms with Gasteiger partial charge in [-0.25, -0.2) is 0 Å². The number of nitrogens with zero attached hydrogens (tertiary/aromatic N) is 1. The van der Waals surface area contributed by atoms with Gasteiger partial charge in [-0.2, -0.15) is 0 Å². The Morgan fingerprint density at radius 3 is 2.15 bits per heavy atom. The van der Waals surface area contributed by atoms with Crippen molar-refractivity contribution < 1.29 is 9.59 Å². The molecule has 2 amide bonds. The fourth-order valence-corrected chi connectivity index (χ4v) is 2.76. The van der Waals surface area contributed by atoms with Crippen LogP contribution in [0, 0.1) is 0 Å². The highest BCUT2D eigenvalue weighted by molar-refractivity contribution is 6.39. The van der Waals surface area contributed by atoms with Crippen LogP contribution in [0.25, 0.3) is 0 Å². The van der Waals surface area contributed by atoms with Crippen LogP contribution in [0.2, 0.25) is 15.1 Å². The van der Waals surface area contributed by atoms with Crippen molar-refractivity contribution in [1.82, 2.24) is 4.90 Å². The van der Waals surface area contributed by atoms with Crippen molar-refractivity contribution in [3.63, 3.8) is 0 Å². The number of nitrogens with one attached hydrogen (secondary N) is 2. The third-order valence-electron chi connectivity index (χ3n) is 3.77. The summed E-state index contributed by atoms with van der Waals surface area (Å²) in [7, 11) is 1.68. The summed E-state index contributed by atoms with van der Waals surface area (Å²) in [6.07, 6.45) is 0. The molecule has 0 heterocycles. The van der Waals surface area contributed by atoms with E-state index in [1.165, 1.54) is 0 Å². The number of likely N-dealkylation sites (N-methyl/N-ethyl adjacent to an activating group) is 1. The van der Waals surface area contributed by atoms with Crippen LogP contribution in [0.1, 0.15) is 6.92 Å². The van der Waals surface area contributed by atoms with Crippen molar-refractivity contribution in [3.8, 4) is 0 Å². The molecule has 0 spiro atoms. The summed E-state index contributed by atoms with van der Waals surface area (Å²) in [5.74, 6) is -0.563. The largest absolute Gasteiger partial charge is 0.325 e. The van der Waals surface area contributed by atoms with Crippen LogP contribution in [-0.2, 0) is 9.59 Å². The monoisotopic (exact) mass is 413 g/mol. The Morgan fingerprint density at radius 2 is 1.58 bits per heavy atom. The SMILES string of the molecule is C[C@@H](C(=O)Nc1ccc(Cl)cc1)N(C)CC(=O)Nc1c(Cl)cccc1Cl. The van der Waals surface area contributed by atoms with Gasteiger partial charge < -0.3 is 10.6 Å². The van der Waals surface area contributed by atoms with E-state index in [-0.39, 0.29) is 18.4 Å². The van der Waals surface area contributed by atoms with Gasteiger partial charge in [-0.1, -0.05) is 40.9 Å². The molecule has 8 heteroatoms. The fourth-order valence-electron chi connectivity index (χ4n) is 2.14. The van der Waals surface area contributed by atoms with Gasteiger partial charge in [-0.3, -0.25) is 14.5 Å². The number of benzene rings is 2. The molecule has 1 atom stereocenters. The number of para-hydroxylation sites is 1. The van der Waals surface area contributed by atoms with Gasteiger partial charge in [0.05, 0.1) is 28.3 Å². The quantitative estimate of drug-likeness (QED) is 0.729. The zero-order valence-electron chi connectivity index (χ0n) is 14.2. The van der Waals surface area contributed by atoms with Crippen molar-refractivity contribution in [1.29, 1.82) is 0 Å². The topological polar surface area (TPSA) is 61.4 Å². The molecule has 0 aliphatic carbocycles. The minimum Gasteiger partial charge on any atom is -0.325 e. The standard InChI is InChI=1S/C18H18Cl3N3O2/c1-11(18(26)22-13-8-6-12(19)7-9-13)24(2)10-16(25)23-17-14(20)4-3-5-15(17)21/h3-9,11H,10H2,1-2H3,(H,22,26)(H,23,25)/t11-/m0/s1. The molecule has 2 N–H and O–H groups in total. The molecule has 2 rings (SSSR count). The highest BCUT2D eigenvalue weighted by Gasteiger charge is 2.21. The average Bonchev–Trinajstić information content (AvgIpc) is 2.59. The van der Waals surface area contributed by atoms with E-state index in [0.717, 1.165) is 0 Å². The van der Waals surface area contributed by atoms with Gasteiger partial charge in [0.15, 0.2) is 0 Å². The first kappa shape index (κ1) is 20.5. The molecule has 0 unspecified atom stereocenters. The first-order valence-electron chi connectivity index (χ1n) is 7.78. The number of hydrogen-bond donors (Lipinski definition) is 2. The lowest BCUT2D eigenvalue weighted by Gasteiger charge is -2.23. The Kier molecular flexibility index (Phi) is 7.29. The number of carbonyl (C=O) groups excluding carboxylic acids is 2. The molecule has 0 saturated carbocycles. The van der Waals surface area contributed by atoms with Gasteiger partial charge in [-0.15, -0.1) is 0 Å². The second-order valence-electron chi connectivity index (χ2n) is 5.73. The number of amides is 2. The summed E-state index contributed by atoms with van der Waals surface area (Å²) in [6.45, 7) is 1.71. The third-order valence-corrected chi connectivity index (χ3v) is 4.65. The predicted octanol–water partition coefficient (Wildman–Crippen LogP) is 4.54. The summed E-state index contributed by atoms with van der Waals surface area (Å²) in [5, 5.41) is 6.73. The van der Waals surface area contributed by atoms with E-state index < -0.39 is 6.04 Å². The second kappa shape index (κ2) is 9.24. The van der Waals surface area contributed by atoms with Crippen LogP contribution < -0.4 is 10.6 Å². The van der Waals surface area contributed by atoms with E-state index in [0.29, 0.717) is 26.4 Å². The maximum atomic E-state index is 12.3. The summed E-state index contributed by atoms with van der Waals surface area (Å²) in [5.41, 5.74) is 0.986. The summed E-state index contributed by atoms with van der Waals surface area (Å²) < 4.78 is 0. The van der Waals surface area contributed by atoms with Crippen molar-refractivity contribution in [2.45, 2.75) is 13.0 Å². The highest BCUT2D eigenvalue weighted by atomic mass is 35.5. The summed E-state index contributed by atoms with van der Waals surface area (Å²) in [6, 6.07) is 11.2. The van der Waals surface area contributed by atoms with E-state index in [1.54, 1.807) is 61.3 Å². The van der Waals surface area contributed by atoms with Crippen LogP contribution in [0.4, 0.5) is 11.4 Å². The van der Waals surface area contributed by atoms with Gasteiger partial charge in [0.2, 0.25) is 11.8 Å². The molecule has 0 aliphatic heterocycles. The van der Waals surface area contributed by atoms with Crippen molar-refractivity contribution in [2.75, 3.05) is 24.2 Å². The van der Waals surface area contributed by atoms with Gasteiger partial charge in [0, 0.05) is 10.7 Å². The van der Waals surface area contributed by atoms with Crippen LogP contribution in [0.5, 0.6) is 0 Å². The smallest absolute Gasteiger partial charge is 0.241 e. The molecular formula is C18H18Cl3N3O2. The van der Waals surface area contributed by atoms with Crippen molar-refractivity contribution in [2.24, 2.45) is 0 Å². The summed E-state index contributed by atoms with van der Waals surface area (Å²) in [4.78, 5) is 26.2. The molecule has 26 heavy (non-hydrogen) atoms. The number of anilines is 2. The Balaban J connectivity index is 1.93. The fraction of sp³-hybridized carbons (Fsp3) is 0.222. The van der Waals surface area contributed by atoms with E-state index in [1.807, 2.05) is 0 Å². The predicted molar refractivity (Wildman–Crippen MR) is 107 cm³/mol. The average molecular weight is 415 g/mol. The minimum absolute atomic E-state index is 0.00322. The summed E-state index contributed by atoms with van der Waals surface area (Å²) >= 11 is 17.9. The molecule has 0 radical (unpaired) electrons. The van der Waals surface area contributed by atoms with E-state index in [4.69, 9.17) is 34.8 Å². The number of halogens is 3. The number of carbonyl (C=O) groups is 2. The molecule has 0 aromatic heterocycles. The van der Waals surface area contributed by atoms with E-state index in [2.05, 4.69) is 10.6 Å². The molecule has 138 valence electrons. The molecule has 0 fully saturated rings. The second-order valence-corrected chi connectivity index (χ2v) is 6.98. The number of rotatable bonds is 6. The van der Waals surface area contributed by atoms with Gasteiger partial charge in [0.1, 0.15) is 0 Å². The lowest BCUT2D eigenvalue weighted by atomic mass is 10.2. The van der Waals surface area contributed by atoms with Gasteiger partial charge in [0.25, 0.3) is 0 Å². The first-order valence-corrected chi connectivity index (χ1v) is 8.92. The van der Waals surface area contributed by atoms with E-state index >= 15 is 0 Å². The minimum atomic E-state index is -0.529. The molecule has 2 aromatic rings. The molecular weight excluding hydrogens is 397 g/mol. The Morgan fingerprint density at radius 1 is 1.00 bits per heavy atom. The maximum absolute atomic E-state index is 12.3. The Labute approximate surface area is 167 Å². The van der Waals surface area contributed by atoms with Crippen LogP contribution in [0.15, 0.2) is 42.5 Å². The third kappa shape index (κ3) is 5.61. The lowest BCUT2D eigenvalue weighted by molar-refractivity contribution is -0.122. The lowest BCUT2D eigenvalue weighted by Crippen LogP contribution is -2.43. The molecule has 0 saturated heterocycles. The zero-order chi connectivity index (χ0) is 19.3. The molecule has 2 aromatic carbocycles. The number of hydrogen-bond acceptors (Lipinski definition) is 3. The van der Waals surface area contributed by atoms with Gasteiger partial charge in [-0.05, 0) is 50.4 Å². The van der Waals surface area contributed by atoms with Crippen molar-refractivity contribution >= 4 is 58.0 Å². The zero-order valence-corrected chi connectivity index (χ0v) is 16.5. The normalized spacial score (nSPS) is 11.9. The van der Waals surface area contributed by atoms with Gasteiger partial charge >= 0.3 is 0 Å². The van der Waals surface area contributed by atoms with Crippen LogP contribution >= 0.6 is 34.8 Å². The van der Waals surface area contributed by atoms with Crippen LogP contribution in [0.3, 0.4) is 0 Å².